The predicted octanol–water partition coefficient (Wildman–Crippen LogP) is 2.44. The van der Waals surface area contributed by atoms with E-state index in [0.29, 0.717) is 5.56 Å². The summed E-state index contributed by atoms with van der Waals surface area (Å²) >= 11 is 0. The fourth-order valence-corrected chi connectivity index (χ4v) is 1.67. The predicted molar refractivity (Wildman–Crippen MR) is 62.5 cm³/mol. The molecule has 0 aliphatic rings. The standard InChI is InChI=1S/C12H18N2O/c1-4-6-14(5-2)12-10(3)7-11(9-15)8-13-12/h7-9H,4-6H2,1-3H3. The third-order valence-corrected chi connectivity index (χ3v) is 2.38. The molecule has 0 bridgehead atoms. The molecule has 0 saturated heterocycles. The summed E-state index contributed by atoms with van der Waals surface area (Å²) in [4.78, 5) is 17.1. The van der Waals surface area contributed by atoms with Crippen molar-refractivity contribution in [1.29, 1.82) is 0 Å². The van der Waals surface area contributed by atoms with Crippen LogP contribution in [0.1, 0.15) is 36.2 Å². The zero-order valence-electron chi connectivity index (χ0n) is 9.66. The number of rotatable bonds is 5. The Hall–Kier alpha value is -1.38. The molecule has 1 aromatic rings. The van der Waals surface area contributed by atoms with Crippen molar-refractivity contribution in [2.75, 3.05) is 18.0 Å². The van der Waals surface area contributed by atoms with E-state index < -0.39 is 0 Å². The van der Waals surface area contributed by atoms with Crippen LogP contribution in [0.25, 0.3) is 0 Å². The summed E-state index contributed by atoms with van der Waals surface area (Å²) in [5.41, 5.74) is 1.71. The van der Waals surface area contributed by atoms with Crippen LogP contribution < -0.4 is 4.90 Å². The molecule has 1 heterocycles. The summed E-state index contributed by atoms with van der Waals surface area (Å²) in [5, 5.41) is 0. The molecular weight excluding hydrogens is 188 g/mol. The first-order chi connectivity index (χ1) is 7.22. The first-order valence-electron chi connectivity index (χ1n) is 5.39. The number of aldehydes is 1. The number of carbonyl (C=O) groups excluding carboxylic acids is 1. The number of aromatic nitrogens is 1. The van der Waals surface area contributed by atoms with Gasteiger partial charge >= 0.3 is 0 Å². The maximum atomic E-state index is 10.6. The molecule has 0 spiro atoms. The first kappa shape index (κ1) is 11.7. The van der Waals surface area contributed by atoms with Crippen LogP contribution in [0, 0.1) is 6.92 Å². The second kappa shape index (κ2) is 5.49. The minimum atomic E-state index is 0.642. The number of hydrogen-bond acceptors (Lipinski definition) is 3. The van der Waals surface area contributed by atoms with Crippen molar-refractivity contribution in [3.05, 3.63) is 23.4 Å². The van der Waals surface area contributed by atoms with Crippen LogP contribution in [-0.4, -0.2) is 24.4 Å². The second-order valence-corrected chi connectivity index (χ2v) is 3.61. The van der Waals surface area contributed by atoms with E-state index in [-0.39, 0.29) is 0 Å². The number of nitrogens with zero attached hydrogens (tertiary/aromatic N) is 2. The van der Waals surface area contributed by atoms with Gasteiger partial charge in [-0.1, -0.05) is 6.92 Å². The van der Waals surface area contributed by atoms with Gasteiger partial charge in [0.1, 0.15) is 5.82 Å². The normalized spacial score (nSPS) is 10.1. The van der Waals surface area contributed by atoms with E-state index in [0.717, 1.165) is 37.2 Å². The second-order valence-electron chi connectivity index (χ2n) is 3.61. The summed E-state index contributed by atoms with van der Waals surface area (Å²) in [6.07, 6.45) is 3.57. The zero-order chi connectivity index (χ0) is 11.3. The molecule has 82 valence electrons. The molecule has 0 aliphatic carbocycles. The van der Waals surface area contributed by atoms with Crippen molar-refractivity contribution in [1.82, 2.24) is 4.98 Å². The highest BCUT2D eigenvalue weighted by atomic mass is 16.1. The molecule has 0 aliphatic heterocycles. The molecule has 15 heavy (non-hydrogen) atoms. The summed E-state index contributed by atoms with van der Waals surface area (Å²) in [5.74, 6) is 0.991. The highest BCUT2D eigenvalue weighted by Crippen LogP contribution is 2.17. The maximum absolute atomic E-state index is 10.6. The molecule has 0 fully saturated rings. The van der Waals surface area contributed by atoms with Gasteiger partial charge in [0.2, 0.25) is 0 Å². The van der Waals surface area contributed by atoms with Crippen LogP contribution in [0.3, 0.4) is 0 Å². The summed E-state index contributed by atoms with van der Waals surface area (Å²) in [6, 6.07) is 1.88. The van der Waals surface area contributed by atoms with Crippen molar-refractivity contribution in [2.45, 2.75) is 27.2 Å². The van der Waals surface area contributed by atoms with Gasteiger partial charge in [0, 0.05) is 24.8 Å². The third-order valence-electron chi connectivity index (χ3n) is 2.38. The van der Waals surface area contributed by atoms with Gasteiger partial charge in [0.25, 0.3) is 0 Å². The minimum Gasteiger partial charge on any atom is -0.357 e. The lowest BCUT2D eigenvalue weighted by atomic mass is 10.2. The lowest BCUT2D eigenvalue weighted by Crippen LogP contribution is -2.25. The van der Waals surface area contributed by atoms with E-state index in [4.69, 9.17) is 0 Å². The van der Waals surface area contributed by atoms with Crippen LogP contribution in [0.15, 0.2) is 12.3 Å². The van der Waals surface area contributed by atoms with Gasteiger partial charge in [-0.25, -0.2) is 4.98 Å². The van der Waals surface area contributed by atoms with Gasteiger partial charge in [-0.2, -0.15) is 0 Å². The smallest absolute Gasteiger partial charge is 0.151 e. The van der Waals surface area contributed by atoms with Gasteiger partial charge in [0.05, 0.1) is 0 Å². The zero-order valence-corrected chi connectivity index (χ0v) is 9.66. The Morgan fingerprint density at radius 2 is 2.20 bits per heavy atom. The number of hydrogen-bond donors (Lipinski definition) is 0. The van der Waals surface area contributed by atoms with Crippen LogP contribution in [-0.2, 0) is 0 Å². The van der Waals surface area contributed by atoms with Crippen LogP contribution in [0.2, 0.25) is 0 Å². The monoisotopic (exact) mass is 206 g/mol. The van der Waals surface area contributed by atoms with Gasteiger partial charge in [-0.3, -0.25) is 4.79 Å². The van der Waals surface area contributed by atoms with Gasteiger partial charge in [-0.15, -0.1) is 0 Å². The molecule has 0 aromatic carbocycles. The van der Waals surface area contributed by atoms with Crippen molar-refractivity contribution in [2.24, 2.45) is 0 Å². The molecule has 3 heteroatoms. The largest absolute Gasteiger partial charge is 0.357 e. The highest BCUT2D eigenvalue weighted by molar-refractivity contribution is 5.75. The Morgan fingerprint density at radius 3 is 2.67 bits per heavy atom. The molecule has 0 radical (unpaired) electrons. The average molecular weight is 206 g/mol. The van der Waals surface area contributed by atoms with E-state index in [1.165, 1.54) is 0 Å². The molecule has 3 nitrogen and oxygen atoms in total. The van der Waals surface area contributed by atoms with Crippen LogP contribution >= 0.6 is 0 Å². The number of pyridine rings is 1. The van der Waals surface area contributed by atoms with E-state index in [1.54, 1.807) is 6.20 Å². The van der Waals surface area contributed by atoms with Crippen molar-refractivity contribution < 1.29 is 4.79 Å². The molecule has 0 amide bonds. The SMILES string of the molecule is CCCN(CC)c1ncc(C=O)cc1C. The molecule has 0 N–H and O–H groups in total. The molecule has 0 atom stereocenters. The van der Waals surface area contributed by atoms with Gasteiger partial charge in [-0.05, 0) is 31.9 Å². The van der Waals surface area contributed by atoms with Crippen LogP contribution in [0.4, 0.5) is 5.82 Å². The summed E-state index contributed by atoms with van der Waals surface area (Å²) < 4.78 is 0. The number of anilines is 1. The van der Waals surface area contributed by atoms with E-state index in [2.05, 4.69) is 23.7 Å². The summed E-state index contributed by atoms with van der Waals surface area (Å²) in [6.45, 7) is 8.21. The summed E-state index contributed by atoms with van der Waals surface area (Å²) in [7, 11) is 0. The number of aryl methyl sites for hydroxylation is 1. The van der Waals surface area contributed by atoms with Crippen molar-refractivity contribution in [3.8, 4) is 0 Å². The lowest BCUT2D eigenvalue weighted by Gasteiger charge is -2.22. The van der Waals surface area contributed by atoms with E-state index in [1.807, 2.05) is 13.0 Å². The minimum absolute atomic E-state index is 0.642. The van der Waals surface area contributed by atoms with E-state index in [9.17, 15) is 4.79 Å². The molecule has 1 aromatic heterocycles. The van der Waals surface area contributed by atoms with Crippen LogP contribution in [0.5, 0.6) is 0 Å². The molecule has 1 rings (SSSR count). The Kier molecular flexibility index (Phi) is 4.28. The lowest BCUT2D eigenvalue weighted by molar-refractivity contribution is 0.112. The quantitative estimate of drug-likeness (QED) is 0.694. The fourth-order valence-electron chi connectivity index (χ4n) is 1.67. The first-order valence-corrected chi connectivity index (χ1v) is 5.39. The van der Waals surface area contributed by atoms with Crippen molar-refractivity contribution in [3.63, 3.8) is 0 Å². The average Bonchev–Trinajstić information content (AvgIpc) is 2.26. The Balaban J connectivity index is 2.97. The van der Waals surface area contributed by atoms with Crippen molar-refractivity contribution >= 4 is 12.1 Å². The Bertz CT molecular complexity index is 336. The van der Waals surface area contributed by atoms with Gasteiger partial charge in [0.15, 0.2) is 6.29 Å². The third kappa shape index (κ3) is 2.78. The Labute approximate surface area is 91.1 Å². The topological polar surface area (TPSA) is 33.2 Å². The highest BCUT2D eigenvalue weighted by Gasteiger charge is 2.08. The molecule has 0 saturated carbocycles. The molecular formula is C12H18N2O. The number of carbonyl (C=O) groups is 1. The fraction of sp³-hybridized carbons (Fsp3) is 0.500. The van der Waals surface area contributed by atoms with E-state index >= 15 is 0 Å². The maximum Gasteiger partial charge on any atom is 0.151 e. The van der Waals surface area contributed by atoms with Gasteiger partial charge < -0.3 is 4.90 Å². The Morgan fingerprint density at radius 1 is 1.47 bits per heavy atom. The molecule has 0 unspecified atom stereocenters.